The standard InChI is InChI=1S/C17H28O10/c1-3-12(4-13-7-24-16(19)26-13)22-8-14(6-21-5-11(2)18)23-9-15-10-25-17(20)27-15/h11-15,18H,3-10H2,1-2H3. The van der Waals surface area contributed by atoms with Crippen LogP contribution in [0, 0.1) is 0 Å². The van der Waals surface area contributed by atoms with Gasteiger partial charge in [0.2, 0.25) is 0 Å². The summed E-state index contributed by atoms with van der Waals surface area (Å²) >= 11 is 0. The molecule has 10 nitrogen and oxygen atoms in total. The lowest BCUT2D eigenvalue weighted by Crippen LogP contribution is -2.33. The van der Waals surface area contributed by atoms with Crippen LogP contribution in [0.2, 0.25) is 0 Å². The summed E-state index contributed by atoms with van der Waals surface area (Å²) in [6.45, 7) is 4.74. The van der Waals surface area contributed by atoms with Crippen molar-refractivity contribution in [2.75, 3.05) is 39.6 Å². The number of carbonyl (C=O) groups excluding carboxylic acids is 2. The van der Waals surface area contributed by atoms with Gasteiger partial charge in [-0.1, -0.05) is 6.92 Å². The number of ether oxygens (including phenoxy) is 7. The average molecular weight is 392 g/mol. The van der Waals surface area contributed by atoms with E-state index in [1.54, 1.807) is 6.92 Å². The predicted octanol–water partition coefficient (Wildman–Crippen LogP) is 1.03. The summed E-state index contributed by atoms with van der Waals surface area (Å²) in [6.07, 6.45) is -2.04. The van der Waals surface area contributed by atoms with E-state index in [1.165, 1.54) is 0 Å². The largest absolute Gasteiger partial charge is 0.508 e. The SMILES string of the molecule is CCC(CC1COC(=O)O1)OCC(COCC(C)O)OCC1COC(=O)O1. The Morgan fingerprint density at radius 1 is 1.00 bits per heavy atom. The van der Waals surface area contributed by atoms with Crippen LogP contribution in [-0.2, 0) is 33.2 Å². The maximum atomic E-state index is 11.0. The topological polar surface area (TPSA) is 119 Å². The second-order valence-electron chi connectivity index (χ2n) is 6.54. The Kier molecular flexibility index (Phi) is 9.05. The van der Waals surface area contributed by atoms with Crippen LogP contribution in [-0.4, -0.2) is 87.6 Å². The molecule has 2 aliphatic heterocycles. The van der Waals surface area contributed by atoms with E-state index in [2.05, 4.69) is 0 Å². The summed E-state index contributed by atoms with van der Waals surface area (Å²) in [5, 5.41) is 9.31. The fraction of sp³-hybridized carbons (Fsp3) is 0.882. The Hall–Kier alpha value is -1.62. The van der Waals surface area contributed by atoms with Gasteiger partial charge in [-0.3, -0.25) is 0 Å². The number of rotatable bonds is 13. The van der Waals surface area contributed by atoms with Gasteiger partial charge in [-0.25, -0.2) is 9.59 Å². The molecule has 0 amide bonds. The van der Waals surface area contributed by atoms with Crippen molar-refractivity contribution in [3.8, 4) is 0 Å². The van der Waals surface area contributed by atoms with E-state index < -0.39 is 30.6 Å². The van der Waals surface area contributed by atoms with Crippen LogP contribution in [0.3, 0.4) is 0 Å². The molecule has 0 bridgehead atoms. The third-order valence-corrected chi connectivity index (χ3v) is 3.98. The molecule has 2 fully saturated rings. The molecule has 5 unspecified atom stereocenters. The van der Waals surface area contributed by atoms with E-state index in [4.69, 9.17) is 33.2 Å². The Balaban J connectivity index is 1.75. The Bertz CT molecular complexity index is 469. The van der Waals surface area contributed by atoms with Gasteiger partial charge < -0.3 is 38.3 Å². The second kappa shape index (κ2) is 11.3. The van der Waals surface area contributed by atoms with Gasteiger partial charge in [0.05, 0.1) is 38.6 Å². The van der Waals surface area contributed by atoms with Gasteiger partial charge in [-0.2, -0.15) is 0 Å². The van der Waals surface area contributed by atoms with Crippen molar-refractivity contribution < 1.29 is 47.9 Å². The first-order chi connectivity index (χ1) is 13.0. The molecule has 2 heterocycles. The predicted molar refractivity (Wildman–Crippen MR) is 89.3 cm³/mol. The molecule has 0 saturated carbocycles. The smallest absolute Gasteiger partial charge is 0.430 e. The van der Waals surface area contributed by atoms with Crippen molar-refractivity contribution in [3.63, 3.8) is 0 Å². The second-order valence-corrected chi connectivity index (χ2v) is 6.54. The number of hydrogen-bond acceptors (Lipinski definition) is 10. The van der Waals surface area contributed by atoms with Crippen LogP contribution < -0.4 is 0 Å². The van der Waals surface area contributed by atoms with Crippen molar-refractivity contribution in [1.82, 2.24) is 0 Å². The molecule has 10 heteroatoms. The number of hydrogen-bond donors (Lipinski definition) is 1. The zero-order chi connectivity index (χ0) is 19.6. The molecule has 156 valence electrons. The van der Waals surface area contributed by atoms with Crippen LogP contribution in [0.1, 0.15) is 26.7 Å². The van der Waals surface area contributed by atoms with Gasteiger partial charge in [0, 0.05) is 6.42 Å². The van der Waals surface area contributed by atoms with Crippen molar-refractivity contribution >= 4 is 12.3 Å². The van der Waals surface area contributed by atoms with Crippen molar-refractivity contribution in [2.45, 2.75) is 57.2 Å². The molecular formula is C17H28O10. The highest BCUT2D eigenvalue weighted by Gasteiger charge is 2.29. The number of aliphatic hydroxyl groups is 1. The first-order valence-corrected chi connectivity index (χ1v) is 9.12. The summed E-state index contributed by atoms with van der Waals surface area (Å²) in [7, 11) is 0. The third kappa shape index (κ3) is 8.29. The van der Waals surface area contributed by atoms with Crippen molar-refractivity contribution in [1.29, 1.82) is 0 Å². The van der Waals surface area contributed by atoms with Gasteiger partial charge in [0.1, 0.15) is 25.4 Å². The van der Waals surface area contributed by atoms with E-state index in [0.717, 1.165) is 6.42 Å². The fourth-order valence-corrected chi connectivity index (χ4v) is 2.58. The molecule has 2 rings (SSSR count). The fourth-order valence-electron chi connectivity index (χ4n) is 2.58. The molecule has 0 aromatic rings. The third-order valence-electron chi connectivity index (χ3n) is 3.98. The van der Waals surface area contributed by atoms with Crippen molar-refractivity contribution in [3.05, 3.63) is 0 Å². The minimum atomic E-state index is -0.707. The molecule has 5 atom stereocenters. The Morgan fingerprint density at radius 3 is 2.22 bits per heavy atom. The maximum absolute atomic E-state index is 11.0. The van der Waals surface area contributed by atoms with Crippen LogP contribution >= 0.6 is 0 Å². The summed E-state index contributed by atoms with van der Waals surface area (Å²) in [6, 6.07) is 0. The average Bonchev–Trinajstić information content (AvgIpc) is 3.23. The van der Waals surface area contributed by atoms with E-state index in [1.807, 2.05) is 6.92 Å². The van der Waals surface area contributed by atoms with Gasteiger partial charge in [-0.05, 0) is 13.3 Å². The molecule has 2 aliphatic rings. The lowest BCUT2D eigenvalue weighted by Gasteiger charge is -2.24. The number of cyclic esters (lactones) is 4. The number of carbonyl (C=O) groups is 2. The Labute approximate surface area is 157 Å². The van der Waals surface area contributed by atoms with E-state index >= 15 is 0 Å². The molecular weight excluding hydrogens is 364 g/mol. The summed E-state index contributed by atoms with van der Waals surface area (Å²) in [5.41, 5.74) is 0. The van der Waals surface area contributed by atoms with Crippen LogP contribution in [0.25, 0.3) is 0 Å². The molecule has 0 spiro atoms. The Morgan fingerprint density at radius 2 is 1.67 bits per heavy atom. The highest BCUT2D eigenvalue weighted by Crippen LogP contribution is 2.17. The summed E-state index contributed by atoms with van der Waals surface area (Å²) in [4.78, 5) is 22.0. The van der Waals surface area contributed by atoms with Gasteiger partial charge in [0.15, 0.2) is 6.10 Å². The minimum absolute atomic E-state index is 0.139. The first kappa shape index (κ1) is 21.7. The van der Waals surface area contributed by atoms with Crippen LogP contribution in [0.4, 0.5) is 9.59 Å². The maximum Gasteiger partial charge on any atom is 0.508 e. The van der Waals surface area contributed by atoms with Gasteiger partial charge >= 0.3 is 12.3 Å². The van der Waals surface area contributed by atoms with Crippen molar-refractivity contribution in [2.24, 2.45) is 0 Å². The zero-order valence-corrected chi connectivity index (χ0v) is 15.7. The summed E-state index contributed by atoms with van der Waals surface area (Å²) in [5.74, 6) is 0. The lowest BCUT2D eigenvalue weighted by molar-refractivity contribution is -0.101. The quantitative estimate of drug-likeness (QED) is 0.455. The van der Waals surface area contributed by atoms with Gasteiger partial charge in [0.25, 0.3) is 0 Å². The highest BCUT2D eigenvalue weighted by atomic mass is 16.8. The van der Waals surface area contributed by atoms with Crippen LogP contribution in [0.5, 0.6) is 0 Å². The molecule has 0 radical (unpaired) electrons. The molecule has 0 aromatic carbocycles. The zero-order valence-electron chi connectivity index (χ0n) is 15.7. The van der Waals surface area contributed by atoms with E-state index in [9.17, 15) is 14.7 Å². The lowest BCUT2D eigenvalue weighted by atomic mass is 10.1. The number of aliphatic hydroxyl groups excluding tert-OH is 1. The molecule has 27 heavy (non-hydrogen) atoms. The molecule has 2 saturated heterocycles. The normalized spacial score (nSPS) is 25.3. The van der Waals surface area contributed by atoms with E-state index in [-0.39, 0.29) is 51.8 Å². The minimum Gasteiger partial charge on any atom is -0.430 e. The summed E-state index contributed by atoms with van der Waals surface area (Å²) < 4.78 is 36.5. The molecule has 1 N–H and O–H groups in total. The molecule has 0 aromatic heterocycles. The highest BCUT2D eigenvalue weighted by molar-refractivity contribution is 5.62. The van der Waals surface area contributed by atoms with Crippen LogP contribution in [0.15, 0.2) is 0 Å². The first-order valence-electron chi connectivity index (χ1n) is 9.12. The molecule has 0 aliphatic carbocycles. The monoisotopic (exact) mass is 392 g/mol. The van der Waals surface area contributed by atoms with E-state index in [0.29, 0.717) is 6.42 Å². The van der Waals surface area contributed by atoms with Gasteiger partial charge in [-0.15, -0.1) is 0 Å².